The quantitative estimate of drug-likeness (QED) is 0.875. The molecule has 1 aromatic heterocycles. The Bertz CT molecular complexity index is 723. The second-order valence-electron chi connectivity index (χ2n) is 8.10. The highest BCUT2D eigenvalue weighted by molar-refractivity contribution is 5.15. The Kier molecular flexibility index (Phi) is 5.86. The predicted molar refractivity (Wildman–Crippen MR) is 105 cm³/mol. The first-order chi connectivity index (χ1) is 13.2. The van der Waals surface area contributed by atoms with E-state index in [9.17, 15) is 5.11 Å². The molecule has 0 bridgehead atoms. The molecule has 2 fully saturated rings. The molecular formula is C21H31N5O. The molecule has 2 aliphatic rings. The van der Waals surface area contributed by atoms with Gasteiger partial charge >= 0.3 is 0 Å². The number of nitrogens with zero attached hydrogens (tertiary/aromatic N) is 5. The molecule has 6 nitrogen and oxygen atoms in total. The highest BCUT2D eigenvalue weighted by atomic mass is 16.3. The fourth-order valence-corrected chi connectivity index (χ4v) is 4.40. The highest BCUT2D eigenvalue weighted by Crippen LogP contribution is 2.27. The number of aliphatic hydroxyl groups is 1. The van der Waals surface area contributed by atoms with Crippen LogP contribution in [0.1, 0.15) is 48.8 Å². The van der Waals surface area contributed by atoms with Crippen LogP contribution < -0.4 is 0 Å². The number of rotatable bonds is 5. The first-order valence-electron chi connectivity index (χ1n) is 10.2. The number of piperidine rings is 2. The van der Waals surface area contributed by atoms with Crippen LogP contribution in [-0.4, -0.2) is 62.0 Å². The average Bonchev–Trinajstić information content (AvgIpc) is 3.05. The van der Waals surface area contributed by atoms with Gasteiger partial charge in [-0.2, -0.15) is 0 Å². The maximum Gasteiger partial charge on any atom is 0.146 e. The zero-order chi connectivity index (χ0) is 18.6. The first-order valence-corrected chi connectivity index (χ1v) is 10.2. The molecule has 0 radical (unpaired) electrons. The monoisotopic (exact) mass is 369 g/mol. The van der Waals surface area contributed by atoms with E-state index in [4.69, 9.17) is 0 Å². The minimum absolute atomic E-state index is 0.130. The van der Waals surface area contributed by atoms with Crippen LogP contribution in [0.2, 0.25) is 0 Å². The fourth-order valence-electron chi connectivity index (χ4n) is 4.40. The van der Waals surface area contributed by atoms with Crippen LogP contribution in [0.3, 0.4) is 0 Å². The van der Waals surface area contributed by atoms with Gasteiger partial charge in [0, 0.05) is 39.1 Å². The van der Waals surface area contributed by atoms with Gasteiger partial charge in [-0.25, -0.2) is 0 Å². The summed E-state index contributed by atoms with van der Waals surface area (Å²) in [6.07, 6.45) is 4.00. The molecule has 0 aliphatic carbocycles. The Labute approximate surface area is 161 Å². The third-order valence-corrected chi connectivity index (χ3v) is 6.04. The SMILES string of the molecule is Cn1c(CN2CCC(O)CC2)nnc1C1CCCN(Cc2ccccc2)C1. The van der Waals surface area contributed by atoms with E-state index in [0.29, 0.717) is 5.92 Å². The van der Waals surface area contributed by atoms with Gasteiger partial charge in [0.2, 0.25) is 0 Å². The summed E-state index contributed by atoms with van der Waals surface area (Å²) in [5, 5.41) is 18.8. The Balaban J connectivity index is 1.38. The van der Waals surface area contributed by atoms with Gasteiger partial charge < -0.3 is 9.67 Å². The summed E-state index contributed by atoms with van der Waals surface area (Å²) in [5.74, 6) is 2.62. The normalized spacial score (nSPS) is 23.0. The van der Waals surface area contributed by atoms with Crippen LogP contribution in [0.4, 0.5) is 0 Å². The van der Waals surface area contributed by atoms with E-state index in [1.54, 1.807) is 0 Å². The van der Waals surface area contributed by atoms with Gasteiger partial charge in [-0.05, 0) is 37.8 Å². The molecule has 1 N–H and O–H groups in total. The molecule has 1 aromatic carbocycles. The third kappa shape index (κ3) is 4.57. The molecule has 146 valence electrons. The van der Waals surface area contributed by atoms with Crippen LogP contribution in [0, 0.1) is 0 Å². The molecule has 0 saturated carbocycles. The van der Waals surface area contributed by atoms with Crippen molar-refractivity contribution in [2.45, 2.75) is 50.8 Å². The topological polar surface area (TPSA) is 57.4 Å². The smallest absolute Gasteiger partial charge is 0.146 e. The number of aliphatic hydroxyl groups excluding tert-OH is 1. The summed E-state index contributed by atoms with van der Waals surface area (Å²) in [6, 6.07) is 10.7. The summed E-state index contributed by atoms with van der Waals surface area (Å²) in [6.45, 7) is 5.94. The molecule has 27 heavy (non-hydrogen) atoms. The number of benzene rings is 1. The maximum atomic E-state index is 9.69. The summed E-state index contributed by atoms with van der Waals surface area (Å²) in [7, 11) is 2.11. The van der Waals surface area contributed by atoms with E-state index in [0.717, 1.165) is 63.8 Å². The highest BCUT2D eigenvalue weighted by Gasteiger charge is 2.27. The van der Waals surface area contributed by atoms with E-state index in [1.807, 2.05) is 0 Å². The second-order valence-corrected chi connectivity index (χ2v) is 8.10. The van der Waals surface area contributed by atoms with Gasteiger partial charge in [-0.3, -0.25) is 9.80 Å². The lowest BCUT2D eigenvalue weighted by Gasteiger charge is -2.32. The van der Waals surface area contributed by atoms with Crippen molar-refractivity contribution in [3.63, 3.8) is 0 Å². The van der Waals surface area contributed by atoms with Crippen LogP contribution in [0.15, 0.2) is 30.3 Å². The van der Waals surface area contributed by atoms with Crippen LogP contribution >= 0.6 is 0 Å². The molecular weight excluding hydrogens is 338 g/mol. The first kappa shape index (κ1) is 18.6. The summed E-state index contributed by atoms with van der Waals surface area (Å²) >= 11 is 0. The second kappa shape index (κ2) is 8.50. The lowest BCUT2D eigenvalue weighted by molar-refractivity contribution is 0.0775. The van der Waals surface area contributed by atoms with Crippen molar-refractivity contribution in [2.24, 2.45) is 7.05 Å². The van der Waals surface area contributed by atoms with E-state index in [2.05, 4.69) is 61.9 Å². The number of hydrogen-bond acceptors (Lipinski definition) is 5. The van der Waals surface area contributed by atoms with Crippen LogP contribution in [-0.2, 0) is 20.1 Å². The largest absolute Gasteiger partial charge is 0.393 e. The lowest BCUT2D eigenvalue weighted by Crippen LogP contribution is -2.36. The Morgan fingerprint density at radius 2 is 1.74 bits per heavy atom. The Hall–Kier alpha value is -1.76. The molecule has 2 aromatic rings. The molecule has 3 heterocycles. The van der Waals surface area contributed by atoms with Crippen molar-refractivity contribution in [1.82, 2.24) is 24.6 Å². The van der Waals surface area contributed by atoms with E-state index >= 15 is 0 Å². The van der Waals surface area contributed by atoms with Crippen molar-refractivity contribution in [3.05, 3.63) is 47.5 Å². The standard InChI is InChI=1S/C21H31N5O/c1-24-20(16-25-12-9-19(27)10-13-25)22-23-21(24)18-8-5-11-26(15-18)14-17-6-3-2-4-7-17/h2-4,6-7,18-19,27H,5,8-16H2,1H3. The lowest BCUT2D eigenvalue weighted by atomic mass is 9.96. The van der Waals surface area contributed by atoms with Crippen molar-refractivity contribution in [1.29, 1.82) is 0 Å². The molecule has 0 amide bonds. The maximum absolute atomic E-state index is 9.69. The van der Waals surface area contributed by atoms with Gasteiger partial charge in [-0.1, -0.05) is 30.3 Å². The summed E-state index contributed by atoms with van der Waals surface area (Å²) < 4.78 is 2.21. The molecule has 6 heteroatoms. The van der Waals surface area contributed by atoms with Gasteiger partial charge in [0.1, 0.15) is 11.6 Å². The minimum Gasteiger partial charge on any atom is -0.393 e. The van der Waals surface area contributed by atoms with Crippen LogP contribution in [0.25, 0.3) is 0 Å². The number of aromatic nitrogens is 3. The predicted octanol–water partition coefficient (Wildman–Crippen LogP) is 2.15. The van der Waals surface area contributed by atoms with Crippen molar-refractivity contribution in [3.8, 4) is 0 Å². The van der Waals surface area contributed by atoms with Crippen molar-refractivity contribution in [2.75, 3.05) is 26.2 Å². The molecule has 4 rings (SSSR count). The van der Waals surface area contributed by atoms with Gasteiger partial charge in [0.15, 0.2) is 0 Å². The van der Waals surface area contributed by atoms with Gasteiger partial charge in [0.05, 0.1) is 12.6 Å². The van der Waals surface area contributed by atoms with Crippen molar-refractivity contribution >= 4 is 0 Å². The van der Waals surface area contributed by atoms with Gasteiger partial charge in [0.25, 0.3) is 0 Å². The third-order valence-electron chi connectivity index (χ3n) is 6.04. The number of likely N-dealkylation sites (tertiary alicyclic amines) is 2. The number of hydrogen-bond donors (Lipinski definition) is 1. The molecule has 0 spiro atoms. The average molecular weight is 370 g/mol. The Morgan fingerprint density at radius 1 is 0.963 bits per heavy atom. The molecule has 2 aliphatic heterocycles. The van der Waals surface area contributed by atoms with E-state index in [1.165, 1.54) is 18.4 Å². The zero-order valence-corrected chi connectivity index (χ0v) is 16.3. The van der Waals surface area contributed by atoms with E-state index in [-0.39, 0.29) is 6.10 Å². The summed E-state index contributed by atoms with van der Waals surface area (Å²) in [4.78, 5) is 4.92. The van der Waals surface area contributed by atoms with E-state index < -0.39 is 0 Å². The van der Waals surface area contributed by atoms with Gasteiger partial charge in [-0.15, -0.1) is 10.2 Å². The Morgan fingerprint density at radius 3 is 2.52 bits per heavy atom. The molecule has 1 atom stereocenters. The van der Waals surface area contributed by atoms with Crippen LogP contribution in [0.5, 0.6) is 0 Å². The molecule has 2 saturated heterocycles. The van der Waals surface area contributed by atoms with Crippen molar-refractivity contribution < 1.29 is 5.11 Å². The minimum atomic E-state index is -0.130. The summed E-state index contributed by atoms with van der Waals surface area (Å²) in [5.41, 5.74) is 1.38. The molecule has 1 unspecified atom stereocenters. The fraction of sp³-hybridized carbons (Fsp3) is 0.619. The zero-order valence-electron chi connectivity index (χ0n) is 16.3.